The Morgan fingerprint density at radius 2 is 1.72 bits per heavy atom. The van der Waals surface area contributed by atoms with Crippen LogP contribution in [0, 0.1) is 0 Å². The molecule has 0 bridgehead atoms. The van der Waals surface area contributed by atoms with Gasteiger partial charge in [0, 0.05) is 31.9 Å². The number of nitrogens with zero attached hydrogens (tertiary/aromatic N) is 2. The van der Waals surface area contributed by atoms with E-state index in [2.05, 4.69) is 4.90 Å². The quantitative estimate of drug-likeness (QED) is 0.781. The van der Waals surface area contributed by atoms with Crippen molar-refractivity contribution in [3.05, 3.63) is 47.3 Å². The van der Waals surface area contributed by atoms with Crippen molar-refractivity contribution in [1.82, 2.24) is 4.31 Å². The van der Waals surface area contributed by atoms with Gasteiger partial charge in [-0.3, -0.25) is 0 Å². The first-order valence-corrected chi connectivity index (χ1v) is 9.97. The van der Waals surface area contributed by atoms with Crippen LogP contribution in [0.3, 0.4) is 0 Å². The van der Waals surface area contributed by atoms with E-state index in [-0.39, 0.29) is 5.56 Å². The summed E-state index contributed by atoms with van der Waals surface area (Å²) in [5, 5.41) is 1.91. The Hall–Kier alpha value is -1.38. The van der Waals surface area contributed by atoms with E-state index in [0.29, 0.717) is 26.2 Å². The number of anilines is 1. The maximum absolute atomic E-state index is 12.8. The highest BCUT2D eigenvalue weighted by Crippen LogP contribution is 2.35. The van der Waals surface area contributed by atoms with Gasteiger partial charge in [-0.2, -0.15) is 13.2 Å². The molecule has 2 atom stereocenters. The second kappa shape index (κ2) is 7.47. The molecule has 8 heteroatoms. The standard InChI is InChI=1S/C17H19F3N2OS2/c1-13(17(18,19)20)14-4-6-15(7-5-14)21-8-10-22(11-9-21)25(23)16-3-2-12-24-16/h2-7,12-13H,8-11H2,1H3. The van der Waals surface area contributed by atoms with Gasteiger partial charge in [0.1, 0.15) is 15.2 Å². The summed E-state index contributed by atoms with van der Waals surface area (Å²) >= 11 is 1.48. The average molecular weight is 388 g/mol. The average Bonchev–Trinajstić information content (AvgIpc) is 3.14. The Labute approximate surface area is 151 Å². The molecule has 25 heavy (non-hydrogen) atoms. The number of benzene rings is 1. The minimum atomic E-state index is -4.22. The number of halogens is 3. The summed E-state index contributed by atoms with van der Waals surface area (Å²) < 4.78 is 53.6. The van der Waals surface area contributed by atoms with Crippen LogP contribution < -0.4 is 4.90 Å². The summed E-state index contributed by atoms with van der Waals surface area (Å²) in [5.41, 5.74) is 1.17. The first kappa shape index (κ1) is 18.4. The summed E-state index contributed by atoms with van der Waals surface area (Å²) in [4.78, 5) is 2.12. The number of piperazine rings is 1. The van der Waals surface area contributed by atoms with Gasteiger partial charge in [-0.05, 0) is 36.1 Å². The molecule has 136 valence electrons. The molecule has 0 aliphatic carbocycles. The molecule has 1 aliphatic rings. The molecule has 3 rings (SSSR count). The van der Waals surface area contributed by atoms with Gasteiger partial charge < -0.3 is 4.90 Å². The normalized spacial score (nSPS) is 19.0. The lowest BCUT2D eigenvalue weighted by Gasteiger charge is -2.35. The SMILES string of the molecule is CC(c1ccc(N2CCN(S(=O)c3cccs3)CC2)cc1)C(F)(F)F. The van der Waals surface area contributed by atoms with Gasteiger partial charge in [0.2, 0.25) is 0 Å². The Balaban J connectivity index is 1.60. The van der Waals surface area contributed by atoms with E-state index in [1.807, 2.05) is 21.8 Å². The molecule has 1 aromatic carbocycles. The Kier molecular flexibility index (Phi) is 5.50. The zero-order valence-corrected chi connectivity index (χ0v) is 15.3. The van der Waals surface area contributed by atoms with Crippen molar-refractivity contribution >= 4 is 28.0 Å². The fourth-order valence-corrected chi connectivity index (χ4v) is 4.97. The summed E-state index contributed by atoms with van der Waals surface area (Å²) in [6.45, 7) is 3.89. The summed E-state index contributed by atoms with van der Waals surface area (Å²) in [5.74, 6) is -1.47. The van der Waals surface area contributed by atoms with Gasteiger partial charge in [0.05, 0.1) is 5.92 Å². The molecule has 3 nitrogen and oxygen atoms in total. The van der Waals surface area contributed by atoms with Crippen LogP contribution in [-0.2, 0) is 11.0 Å². The molecular weight excluding hydrogens is 369 g/mol. The van der Waals surface area contributed by atoms with Crippen LogP contribution in [0.15, 0.2) is 46.0 Å². The number of rotatable bonds is 4. The first-order valence-electron chi connectivity index (χ1n) is 7.98. The fraction of sp³-hybridized carbons (Fsp3) is 0.412. The van der Waals surface area contributed by atoms with Crippen molar-refractivity contribution < 1.29 is 17.4 Å². The lowest BCUT2D eigenvalue weighted by Crippen LogP contribution is -2.46. The smallest absolute Gasteiger partial charge is 0.369 e. The predicted molar refractivity (Wildman–Crippen MR) is 95.4 cm³/mol. The van der Waals surface area contributed by atoms with Gasteiger partial charge in [-0.25, -0.2) is 8.51 Å². The van der Waals surface area contributed by atoms with Crippen LogP contribution in [0.1, 0.15) is 18.4 Å². The van der Waals surface area contributed by atoms with E-state index >= 15 is 0 Å². The molecule has 2 heterocycles. The third kappa shape index (κ3) is 4.24. The van der Waals surface area contributed by atoms with Crippen LogP contribution in [0.2, 0.25) is 0 Å². The van der Waals surface area contributed by atoms with Crippen LogP contribution in [0.4, 0.5) is 18.9 Å². The van der Waals surface area contributed by atoms with E-state index in [0.717, 1.165) is 9.90 Å². The first-order chi connectivity index (χ1) is 11.9. The minimum Gasteiger partial charge on any atom is -0.369 e. The zero-order chi connectivity index (χ0) is 18.0. The highest BCUT2D eigenvalue weighted by Gasteiger charge is 2.36. The van der Waals surface area contributed by atoms with E-state index in [4.69, 9.17) is 0 Å². The van der Waals surface area contributed by atoms with Crippen LogP contribution >= 0.6 is 11.3 Å². The molecule has 1 aliphatic heterocycles. The van der Waals surface area contributed by atoms with Gasteiger partial charge in [-0.15, -0.1) is 11.3 Å². The van der Waals surface area contributed by atoms with Crippen molar-refractivity contribution in [1.29, 1.82) is 0 Å². The zero-order valence-electron chi connectivity index (χ0n) is 13.7. The summed E-state index contributed by atoms with van der Waals surface area (Å²) in [7, 11) is -1.13. The largest absolute Gasteiger partial charge is 0.395 e. The third-order valence-corrected chi connectivity index (χ3v) is 7.08. The van der Waals surface area contributed by atoms with Crippen LogP contribution in [0.25, 0.3) is 0 Å². The van der Waals surface area contributed by atoms with E-state index < -0.39 is 23.1 Å². The van der Waals surface area contributed by atoms with Gasteiger partial charge >= 0.3 is 6.18 Å². The molecule has 0 saturated carbocycles. The number of hydrogen-bond acceptors (Lipinski definition) is 3. The van der Waals surface area contributed by atoms with Crippen LogP contribution in [-0.4, -0.2) is 40.9 Å². The van der Waals surface area contributed by atoms with Crippen molar-refractivity contribution in [3.8, 4) is 0 Å². The number of hydrogen-bond donors (Lipinski definition) is 0. The van der Waals surface area contributed by atoms with Crippen LogP contribution in [0.5, 0.6) is 0 Å². The maximum Gasteiger partial charge on any atom is 0.395 e. The van der Waals surface area contributed by atoms with E-state index in [9.17, 15) is 17.4 Å². The summed E-state index contributed by atoms with van der Waals surface area (Å²) in [6, 6.07) is 10.3. The number of alkyl halides is 3. The fourth-order valence-electron chi connectivity index (χ4n) is 2.77. The molecule has 2 aromatic rings. The van der Waals surface area contributed by atoms with E-state index in [1.54, 1.807) is 24.3 Å². The Morgan fingerprint density at radius 1 is 1.08 bits per heavy atom. The second-order valence-corrected chi connectivity index (χ2v) is 8.61. The predicted octanol–water partition coefficient (Wildman–Crippen LogP) is 4.26. The van der Waals surface area contributed by atoms with Crippen molar-refractivity contribution in [2.45, 2.75) is 23.2 Å². The molecule has 0 radical (unpaired) electrons. The molecule has 0 spiro atoms. The van der Waals surface area contributed by atoms with Crippen molar-refractivity contribution in [3.63, 3.8) is 0 Å². The highest BCUT2D eigenvalue weighted by atomic mass is 32.2. The van der Waals surface area contributed by atoms with Gasteiger partial charge in [0.25, 0.3) is 0 Å². The molecule has 0 amide bonds. The molecule has 0 N–H and O–H groups in total. The van der Waals surface area contributed by atoms with Gasteiger partial charge in [-0.1, -0.05) is 18.2 Å². The molecule has 1 fully saturated rings. The van der Waals surface area contributed by atoms with Gasteiger partial charge in [0.15, 0.2) is 0 Å². The topological polar surface area (TPSA) is 23.6 Å². The van der Waals surface area contributed by atoms with Crippen molar-refractivity contribution in [2.24, 2.45) is 0 Å². The molecule has 1 aromatic heterocycles. The number of thiophene rings is 1. The lowest BCUT2D eigenvalue weighted by atomic mass is 10.0. The molecule has 1 saturated heterocycles. The maximum atomic E-state index is 12.8. The summed E-state index contributed by atoms with van der Waals surface area (Å²) in [6.07, 6.45) is -4.22. The lowest BCUT2D eigenvalue weighted by molar-refractivity contribution is -0.146. The Bertz CT molecular complexity index is 708. The molecule has 2 unspecified atom stereocenters. The Morgan fingerprint density at radius 3 is 2.24 bits per heavy atom. The molecular formula is C17H19F3N2OS2. The second-order valence-electron chi connectivity index (χ2n) is 5.95. The third-order valence-electron chi connectivity index (χ3n) is 4.39. The highest BCUT2D eigenvalue weighted by molar-refractivity contribution is 7.85. The monoisotopic (exact) mass is 388 g/mol. The minimum absolute atomic E-state index is 0.272. The van der Waals surface area contributed by atoms with Crippen molar-refractivity contribution in [2.75, 3.05) is 31.1 Å². The van der Waals surface area contributed by atoms with E-state index in [1.165, 1.54) is 18.3 Å².